The molecule has 1 fully saturated rings. The topological polar surface area (TPSA) is 66.8 Å². The van der Waals surface area contributed by atoms with Crippen molar-refractivity contribution in [2.45, 2.75) is 26.7 Å². The molecule has 1 aliphatic heterocycles. The van der Waals surface area contributed by atoms with Crippen LogP contribution in [0.2, 0.25) is 0 Å². The van der Waals surface area contributed by atoms with E-state index in [9.17, 15) is 9.59 Å². The van der Waals surface area contributed by atoms with Gasteiger partial charge in [-0.25, -0.2) is 0 Å². The number of hydrogen-bond acceptors (Lipinski definition) is 3. The number of benzene rings is 1. The molecule has 2 rings (SSSR count). The monoisotopic (exact) mass is 291 g/mol. The molecule has 1 amide bonds. The molecule has 5 heteroatoms. The molecular weight excluding hydrogens is 270 g/mol. The predicted octanol–water partition coefficient (Wildman–Crippen LogP) is 2.01. The number of carboxylic acids is 1. The first-order chi connectivity index (χ1) is 9.97. The number of hydrogen-bond donors (Lipinski definition) is 1. The van der Waals surface area contributed by atoms with E-state index in [1.807, 2.05) is 32.0 Å². The molecule has 1 unspecified atom stereocenters. The van der Waals surface area contributed by atoms with Crippen molar-refractivity contribution in [3.63, 3.8) is 0 Å². The number of rotatable bonds is 5. The fraction of sp³-hybridized carbons (Fsp3) is 0.500. The van der Waals surface area contributed by atoms with Gasteiger partial charge in [0, 0.05) is 13.1 Å². The van der Waals surface area contributed by atoms with Crippen molar-refractivity contribution >= 4 is 11.9 Å². The Morgan fingerprint density at radius 3 is 2.81 bits per heavy atom. The van der Waals surface area contributed by atoms with Crippen molar-refractivity contribution in [1.82, 2.24) is 4.90 Å². The van der Waals surface area contributed by atoms with E-state index in [0.717, 1.165) is 16.9 Å². The highest BCUT2D eigenvalue weighted by Crippen LogP contribution is 2.20. The van der Waals surface area contributed by atoms with Crippen LogP contribution in [0.1, 0.15) is 24.0 Å². The van der Waals surface area contributed by atoms with E-state index in [-0.39, 0.29) is 12.3 Å². The van der Waals surface area contributed by atoms with Crippen LogP contribution in [0.5, 0.6) is 5.75 Å². The SMILES string of the molecule is Cc1ccc(C)c(OCCC(=O)N2CCC(C(=O)O)C2)c1. The number of carbonyl (C=O) groups excluding carboxylic acids is 1. The minimum atomic E-state index is -0.822. The van der Waals surface area contributed by atoms with Crippen molar-refractivity contribution in [3.8, 4) is 5.75 Å². The van der Waals surface area contributed by atoms with Crippen LogP contribution in [0.15, 0.2) is 18.2 Å². The fourth-order valence-electron chi connectivity index (χ4n) is 2.46. The molecular formula is C16H21NO4. The summed E-state index contributed by atoms with van der Waals surface area (Å²) in [6, 6.07) is 5.96. The van der Waals surface area contributed by atoms with Gasteiger partial charge in [-0.2, -0.15) is 0 Å². The molecule has 1 aromatic rings. The highest BCUT2D eigenvalue weighted by Gasteiger charge is 2.30. The first-order valence-electron chi connectivity index (χ1n) is 7.18. The Morgan fingerprint density at radius 2 is 2.14 bits per heavy atom. The molecule has 21 heavy (non-hydrogen) atoms. The summed E-state index contributed by atoms with van der Waals surface area (Å²) < 4.78 is 5.66. The van der Waals surface area contributed by atoms with Crippen molar-refractivity contribution in [1.29, 1.82) is 0 Å². The Hall–Kier alpha value is -2.04. The number of ether oxygens (including phenoxy) is 1. The molecule has 5 nitrogen and oxygen atoms in total. The van der Waals surface area contributed by atoms with Gasteiger partial charge in [0.25, 0.3) is 0 Å². The number of aryl methyl sites for hydroxylation is 2. The zero-order valence-electron chi connectivity index (χ0n) is 12.5. The van der Waals surface area contributed by atoms with Gasteiger partial charge >= 0.3 is 5.97 Å². The highest BCUT2D eigenvalue weighted by atomic mass is 16.5. The second kappa shape index (κ2) is 6.61. The minimum Gasteiger partial charge on any atom is -0.493 e. The maximum Gasteiger partial charge on any atom is 0.308 e. The van der Waals surface area contributed by atoms with E-state index < -0.39 is 11.9 Å². The molecule has 0 spiro atoms. The van der Waals surface area contributed by atoms with Crippen molar-refractivity contribution in [3.05, 3.63) is 29.3 Å². The van der Waals surface area contributed by atoms with Gasteiger partial charge in [0.15, 0.2) is 0 Å². The molecule has 0 aliphatic carbocycles. The van der Waals surface area contributed by atoms with Crippen LogP contribution in [-0.4, -0.2) is 41.6 Å². The summed E-state index contributed by atoms with van der Waals surface area (Å²) in [5.41, 5.74) is 2.16. The third-order valence-corrected chi connectivity index (χ3v) is 3.81. The van der Waals surface area contributed by atoms with Gasteiger partial charge in [0.2, 0.25) is 5.91 Å². The Kier molecular flexibility index (Phi) is 4.83. The summed E-state index contributed by atoms with van der Waals surface area (Å²) in [5, 5.41) is 8.93. The molecule has 1 aliphatic rings. The fourth-order valence-corrected chi connectivity index (χ4v) is 2.46. The van der Waals surface area contributed by atoms with E-state index in [1.165, 1.54) is 0 Å². The van der Waals surface area contributed by atoms with Crippen molar-refractivity contribution < 1.29 is 19.4 Å². The number of carboxylic acid groups (broad SMARTS) is 1. The van der Waals surface area contributed by atoms with E-state index in [4.69, 9.17) is 9.84 Å². The van der Waals surface area contributed by atoms with Gasteiger partial charge in [-0.1, -0.05) is 12.1 Å². The van der Waals surface area contributed by atoms with Crippen molar-refractivity contribution in [2.75, 3.05) is 19.7 Å². The number of nitrogens with zero attached hydrogens (tertiary/aromatic N) is 1. The lowest BCUT2D eigenvalue weighted by molar-refractivity contribution is -0.141. The molecule has 1 heterocycles. The quantitative estimate of drug-likeness (QED) is 0.901. The van der Waals surface area contributed by atoms with Crippen LogP contribution >= 0.6 is 0 Å². The third kappa shape index (κ3) is 3.97. The molecule has 1 saturated heterocycles. The van der Waals surface area contributed by atoms with Gasteiger partial charge in [-0.15, -0.1) is 0 Å². The van der Waals surface area contributed by atoms with Crippen LogP contribution in [0.3, 0.4) is 0 Å². The van der Waals surface area contributed by atoms with Crippen LogP contribution in [0, 0.1) is 19.8 Å². The van der Waals surface area contributed by atoms with Crippen LogP contribution in [-0.2, 0) is 9.59 Å². The lowest BCUT2D eigenvalue weighted by atomic mass is 10.1. The second-order valence-corrected chi connectivity index (χ2v) is 5.53. The van der Waals surface area contributed by atoms with Gasteiger partial charge in [-0.05, 0) is 37.5 Å². The number of amides is 1. The average Bonchev–Trinajstić information content (AvgIpc) is 2.92. The summed E-state index contributed by atoms with van der Waals surface area (Å²) in [6.07, 6.45) is 0.818. The number of likely N-dealkylation sites (tertiary alicyclic amines) is 1. The summed E-state index contributed by atoms with van der Waals surface area (Å²) in [6.45, 7) is 5.12. The standard InChI is InChI=1S/C16H21NO4/c1-11-3-4-12(2)14(9-11)21-8-6-15(18)17-7-5-13(10-17)16(19)20/h3-4,9,13H,5-8,10H2,1-2H3,(H,19,20). The summed E-state index contributed by atoms with van der Waals surface area (Å²) in [5.74, 6) is -0.484. The molecule has 1 aromatic carbocycles. The van der Waals surface area contributed by atoms with Crippen LogP contribution in [0.4, 0.5) is 0 Å². The number of carbonyl (C=O) groups is 2. The Labute approximate surface area is 124 Å². The predicted molar refractivity (Wildman–Crippen MR) is 78.4 cm³/mol. The first kappa shape index (κ1) is 15.4. The van der Waals surface area contributed by atoms with Crippen LogP contribution in [0.25, 0.3) is 0 Å². The van der Waals surface area contributed by atoms with E-state index in [2.05, 4.69) is 0 Å². The average molecular weight is 291 g/mol. The third-order valence-electron chi connectivity index (χ3n) is 3.81. The van der Waals surface area contributed by atoms with Gasteiger partial charge in [0.1, 0.15) is 5.75 Å². The molecule has 0 radical (unpaired) electrons. The molecule has 1 atom stereocenters. The maximum atomic E-state index is 12.0. The Bertz CT molecular complexity index is 541. The van der Waals surface area contributed by atoms with E-state index >= 15 is 0 Å². The summed E-state index contributed by atoms with van der Waals surface area (Å²) in [4.78, 5) is 24.5. The molecule has 0 saturated carbocycles. The zero-order chi connectivity index (χ0) is 15.4. The number of aliphatic carboxylic acids is 1. The lowest BCUT2D eigenvalue weighted by Crippen LogP contribution is -2.30. The largest absolute Gasteiger partial charge is 0.493 e. The first-order valence-corrected chi connectivity index (χ1v) is 7.18. The van der Waals surface area contributed by atoms with Crippen LogP contribution < -0.4 is 4.74 Å². The lowest BCUT2D eigenvalue weighted by Gasteiger charge is -2.16. The van der Waals surface area contributed by atoms with E-state index in [0.29, 0.717) is 26.1 Å². The minimum absolute atomic E-state index is 0.0379. The molecule has 1 N–H and O–H groups in total. The highest BCUT2D eigenvalue weighted by molar-refractivity contribution is 5.78. The zero-order valence-corrected chi connectivity index (χ0v) is 12.5. The smallest absolute Gasteiger partial charge is 0.308 e. The second-order valence-electron chi connectivity index (χ2n) is 5.53. The molecule has 114 valence electrons. The van der Waals surface area contributed by atoms with Gasteiger partial charge in [-0.3, -0.25) is 9.59 Å². The maximum absolute atomic E-state index is 12.0. The summed E-state index contributed by atoms with van der Waals surface area (Å²) >= 11 is 0. The molecule has 0 aromatic heterocycles. The van der Waals surface area contributed by atoms with Gasteiger partial charge < -0.3 is 14.7 Å². The van der Waals surface area contributed by atoms with E-state index in [1.54, 1.807) is 4.90 Å². The van der Waals surface area contributed by atoms with Gasteiger partial charge in [0.05, 0.1) is 18.9 Å². The molecule has 0 bridgehead atoms. The normalized spacial score (nSPS) is 17.8. The Balaban J connectivity index is 1.80. The van der Waals surface area contributed by atoms with Crippen molar-refractivity contribution in [2.24, 2.45) is 5.92 Å². The summed E-state index contributed by atoms with van der Waals surface area (Å²) in [7, 11) is 0. The Morgan fingerprint density at radius 1 is 1.38 bits per heavy atom.